The number of hydrogen-bond acceptors (Lipinski definition) is 4. The number of hydrogen-bond donors (Lipinski definition) is 1. The summed E-state index contributed by atoms with van der Waals surface area (Å²) in [6, 6.07) is 13.8. The summed E-state index contributed by atoms with van der Waals surface area (Å²) in [6.45, 7) is 1.64. The van der Waals surface area contributed by atoms with E-state index in [-0.39, 0.29) is 13.0 Å². The quantitative estimate of drug-likeness (QED) is 0.724. The van der Waals surface area contributed by atoms with Gasteiger partial charge in [0, 0.05) is 5.02 Å². The van der Waals surface area contributed by atoms with Crippen molar-refractivity contribution >= 4 is 40.8 Å². The third-order valence-electron chi connectivity index (χ3n) is 3.18. The zero-order valence-electron chi connectivity index (χ0n) is 13.5. The van der Waals surface area contributed by atoms with Gasteiger partial charge in [0.1, 0.15) is 5.75 Å². The minimum absolute atomic E-state index is 0.0322. The van der Waals surface area contributed by atoms with Crippen molar-refractivity contribution < 1.29 is 19.1 Å². The second-order valence-electron chi connectivity index (χ2n) is 5.16. The SMILES string of the molecule is C[C@H](OC(=O)CCOc1ccccc1)C(=O)Nc1cc(Cl)ccc1Cl. The molecule has 0 aliphatic heterocycles. The van der Waals surface area contributed by atoms with E-state index >= 15 is 0 Å². The molecule has 7 heteroatoms. The Labute approximate surface area is 155 Å². The first-order valence-electron chi connectivity index (χ1n) is 7.59. The molecule has 0 aliphatic rings. The van der Waals surface area contributed by atoms with Gasteiger partial charge >= 0.3 is 5.97 Å². The van der Waals surface area contributed by atoms with E-state index in [1.54, 1.807) is 24.3 Å². The van der Waals surface area contributed by atoms with Crippen molar-refractivity contribution in [3.05, 3.63) is 58.6 Å². The van der Waals surface area contributed by atoms with Crippen LogP contribution >= 0.6 is 23.2 Å². The molecular formula is C18H17Cl2NO4. The fraction of sp³-hybridized carbons (Fsp3) is 0.222. The highest BCUT2D eigenvalue weighted by Crippen LogP contribution is 2.25. The third kappa shape index (κ3) is 6.29. The molecular weight excluding hydrogens is 365 g/mol. The summed E-state index contributed by atoms with van der Waals surface area (Å²) in [5, 5.41) is 3.35. The van der Waals surface area contributed by atoms with Crippen molar-refractivity contribution in [3.8, 4) is 5.75 Å². The van der Waals surface area contributed by atoms with Crippen LogP contribution < -0.4 is 10.1 Å². The molecule has 0 saturated heterocycles. The number of esters is 1. The van der Waals surface area contributed by atoms with Crippen molar-refractivity contribution in [1.29, 1.82) is 0 Å². The van der Waals surface area contributed by atoms with Gasteiger partial charge < -0.3 is 14.8 Å². The average Bonchev–Trinajstić information content (AvgIpc) is 2.59. The number of halogens is 2. The first-order valence-corrected chi connectivity index (χ1v) is 8.34. The number of rotatable bonds is 7. The van der Waals surface area contributed by atoms with Gasteiger partial charge in [-0.2, -0.15) is 0 Å². The van der Waals surface area contributed by atoms with Crippen LogP contribution in [0.5, 0.6) is 5.75 Å². The van der Waals surface area contributed by atoms with E-state index in [9.17, 15) is 9.59 Å². The molecule has 0 aliphatic carbocycles. The summed E-state index contributed by atoms with van der Waals surface area (Å²) >= 11 is 11.8. The Morgan fingerprint density at radius 3 is 2.56 bits per heavy atom. The highest BCUT2D eigenvalue weighted by atomic mass is 35.5. The molecule has 2 aromatic rings. The van der Waals surface area contributed by atoms with Crippen molar-refractivity contribution in [2.24, 2.45) is 0 Å². The van der Waals surface area contributed by atoms with E-state index in [1.807, 2.05) is 18.2 Å². The first-order chi connectivity index (χ1) is 12.0. The largest absolute Gasteiger partial charge is 0.493 e. The molecule has 2 rings (SSSR count). The fourth-order valence-corrected chi connectivity index (χ4v) is 2.24. The zero-order chi connectivity index (χ0) is 18.2. The molecule has 25 heavy (non-hydrogen) atoms. The van der Waals surface area contributed by atoms with Gasteiger partial charge in [0.05, 0.1) is 23.7 Å². The Morgan fingerprint density at radius 1 is 1.12 bits per heavy atom. The van der Waals surface area contributed by atoms with E-state index in [1.165, 1.54) is 13.0 Å². The van der Waals surface area contributed by atoms with Crippen molar-refractivity contribution in [1.82, 2.24) is 0 Å². The Kier molecular flexibility index (Phi) is 7.10. The van der Waals surface area contributed by atoms with Gasteiger partial charge in [0.2, 0.25) is 0 Å². The first kappa shape index (κ1) is 19.1. The van der Waals surface area contributed by atoms with Crippen molar-refractivity contribution in [2.75, 3.05) is 11.9 Å². The number of benzene rings is 2. The zero-order valence-corrected chi connectivity index (χ0v) is 15.0. The van der Waals surface area contributed by atoms with E-state index in [4.69, 9.17) is 32.7 Å². The van der Waals surface area contributed by atoms with Crippen LogP contribution in [0.3, 0.4) is 0 Å². The normalized spacial score (nSPS) is 11.5. The minimum atomic E-state index is -0.973. The summed E-state index contributed by atoms with van der Waals surface area (Å²) < 4.78 is 10.5. The fourth-order valence-electron chi connectivity index (χ4n) is 1.91. The third-order valence-corrected chi connectivity index (χ3v) is 3.75. The number of anilines is 1. The van der Waals surface area contributed by atoms with Gasteiger partial charge in [0.15, 0.2) is 6.10 Å². The summed E-state index contributed by atoms with van der Waals surface area (Å²) in [5.74, 6) is -0.367. The molecule has 1 amide bonds. The van der Waals surface area contributed by atoms with E-state index in [0.717, 1.165) is 0 Å². The topological polar surface area (TPSA) is 64.6 Å². The van der Waals surface area contributed by atoms with Gasteiger partial charge in [-0.25, -0.2) is 0 Å². The molecule has 2 aromatic carbocycles. The molecule has 5 nitrogen and oxygen atoms in total. The van der Waals surface area contributed by atoms with Crippen LogP contribution in [-0.2, 0) is 14.3 Å². The maximum absolute atomic E-state index is 12.1. The molecule has 132 valence electrons. The standard InChI is InChI=1S/C18H17Cl2NO4/c1-12(18(23)21-16-11-13(19)7-8-15(16)20)25-17(22)9-10-24-14-5-3-2-4-6-14/h2-8,11-12H,9-10H2,1H3,(H,21,23)/t12-/m0/s1. The Hall–Kier alpha value is -2.24. The molecule has 0 unspecified atom stereocenters. The van der Waals surface area contributed by atoms with Crippen LogP contribution in [0, 0.1) is 0 Å². The average molecular weight is 382 g/mol. The van der Waals surface area contributed by atoms with E-state index in [2.05, 4.69) is 5.32 Å². The molecule has 0 saturated carbocycles. The molecule has 0 aromatic heterocycles. The highest BCUT2D eigenvalue weighted by Gasteiger charge is 2.19. The summed E-state index contributed by atoms with van der Waals surface area (Å²) in [7, 11) is 0. The lowest BCUT2D eigenvalue weighted by Gasteiger charge is -2.14. The molecule has 0 radical (unpaired) electrons. The van der Waals surface area contributed by atoms with Crippen LogP contribution in [-0.4, -0.2) is 24.6 Å². The number of carbonyl (C=O) groups is 2. The maximum atomic E-state index is 12.1. The second kappa shape index (κ2) is 9.30. The van der Waals surface area contributed by atoms with Crippen molar-refractivity contribution in [2.45, 2.75) is 19.4 Å². The Morgan fingerprint density at radius 2 is 1.84 bits per heavy atom. The van der Waals surface area contributed by atoms with Gasteiger partial charge in [-0.3, -0.25) is 9.59 Å². The monoisotopic (exact) mass is 381 g/mol. The number of ether oxygens (including phenoxy) is 2. The van der Waals surface area contributed by atoms with Gasteiger partial charge in [0.25, 0.3) is 5.91 Å². The number of para-hydroxylation sites is 1. The minimum Gasteiger partial charge on any atom is -0.493 e. The molecule has 0 heterocycles. The molecule has 1 atom stereocenters. The number of nitrogens with one attached hydrogen (secondary N) is 1. The molecule has 0 fully saturated rings. The van der Waals surface area contributed by atoms with Gasteiger partial charge in [-0.15, -0.1) is 0 Å². The summed E-state index contributed by atoms with van der Waals surface area (Å²) in [4.78, 5) is 23.9. The van der Waals surface area contributed by atoms with Crippen molar-refractivity contribution in [3.63, 3.8) is 0 Å². The van der Waals surface area contributed by atoms with Crippen LogP contribution in [0.4, 0.5) is 5.69 Å². The second-order valence-corrected chi connectivity index (χ2v) is 6.00. The smallest absolute Gasteiger partial charge is 0.310 e. The maximum Gasteiger partial charge on any atom is 0.310 e. The predicted molar refractivity (Wildman–Crippen MR) is 97.2 cm³/mol. The van der Waals surface area contributed by atoms with E-state index in [0.29, 0.717) is 21.5 Å². The van der Waals surface area contributed by atoms with Crippen LogP contribution in [0.25, 0.3) is 0 Å². The lowest BCUT2D eigenvalue weighted by molar-refractivity contribution is -0.153. The summed E-state index contributed by atoms with van der Waals surface area (Å²) in [5.41, 5.74) is 0.356. The van der Waals surface area contributed by atoms with Crippen LogP contribution in [0.2, 0.25) is 10.0 Å². The van der Waals surface area contributed by atoms with Crippen LogP contribution in [0.15, 0.2) is 48.5 Å². The Bertz CT molecular complexity index is 737. The Balaban J connectivity index is 1.78. The lowest BCUT2D eigenvalue weighted by Crippen LogP contribution is -2.30. The predicted octanol–water partition coefficient (Wildman–Crippen LogP) is 4.33. The highest BCUT2D eigenvalue weighted by molar-refractivity contribution is 6.35. The number of amides is 1. The van der Waals surface area contributed by atoms with Gasteiger partial charge in [-0.1, -0.05) is 41.4 Å². The van der Waals surface area contributed by atoms with E-state index < -0.39 is 18.0 Å². The number of carbonyl (C=O) groups excluding carboxylic acids is 2. The molecule has 1 N–H and O–H groups in total. The summed E-state index contributed by atoms with van der Waals surface area (Å²) in [6.07, 6.45) is -0.941. The van der Waals surface area contributed by atoms with Gasteiger partial charge in [-0.05, 0) is 37.3 Å². The van der Waals surface area contributed by atoms with Crippen LogP contribution in [0.1, 0.15) is 13.3 Å². The molecule has 0 spiro atoms. The molecule has 0 bridgehead atoms. The lowest BCUT2D eigenvalue weighted by atomic mass is 10.3.